The second kappa shape index (κ2) is 5.84. The predicted octanol–water partition coefficient (Wildman–Crippen LogP) is 0.684. The van der Waals surface area contributed by atoms with E-state index in [1.165, 1.54) is 12.5 Å². The molecule has 1 aromatic heterocycles. The first-order valence-electron chi connectivity index (χ1n) is 5.84. The van der Waals surface area contributed by atoms with Crippen LogP contribution in [0.2, 0.25) is 0 Å². The number of ether oxygens (including phenoxy) is 1. The number of methoxy groups -OCH3 is 1. The molecule has 2 heterocycles. The first kappa shape index (κ1) is 12.1. The van der Waals surface area contributed by atoms with Gasteiger partial charge in [0.1, 0.15) is 6.26 Å². The summed E-state index contributed by atoms with van der Waals surface area (Å²) in [6, 6.07) is 1.71. The summed E-state index contributed by atoms with van der Waals surface area (Å²) in [5.74, 6) is 0.0603. The number of amides is 1. The van der Waals surface area contributed by atoms with Crippen LogP contribution in [0.5, 0.6) is 0 Å². The van der Waals surface area contributed by atoms with Crippen LogP contribution in [0, 0.1) is 0 Å². The van der Waals surface area contributed by atoms with Gasteiger partial charge in [-0.3, -0.25) is 9.69 Å². The molecule has 1 aliphatic heterocycles. The lowest BCUT2D eigenvalue weighted by atomic mass is 10.2. The van der Waals surface area contributed by atoms with Crippen molar-refractivity contribution in [2.24, 2.45) is 0 Å². The van der Waals surface area contributed by atoms with Crippen LogP contribution < -0.4 is 0 Å². The molecule has 0 saturated carbocycles. The summed E-state index contributed by atoms with van der Waals surface area (Å²) < 4.78 is 9.97. The third-order valence-corrected chi connectivity index (χ3v) is 3.04. The van der Waals surface area contributed by atoms with Crippen molar-refractivity contribution in [3.8, 4) is 0 Å². The fourth-order valence-corrected chi connectivity index (χ4v) is 1.96. The quantitative estimate of drug-likeness (QED) is 0.774. The molecule has 5 heteroatoms. The van der Waals surface area contributed by atoms with Crippen molar-refractivity contribution in [1.29, 1.82) is 0 Å². The molecule has 0 aliphatic carbocycles. The molecule has 0 aromatic carbocycles. The summed E-state index contributed by atoms with van der Waals surface area (Å²) in [6.07, 6.45) is 3.03. The van der Waals surface area contributed by atoms with E-state index in [9.17, 15) is 4.79 Å². The van der Waals surface area contributed by atoms with E-state index in [0.29, 0.717) is 5.56 Å². The Bertz CT molecular complexity index is 343. The van der Waals surface area contributed by atoms with E-state index < -0.39 is 0 Å². The molecule has 5 nitrogen and oxygen atoms in total. The molecule has 0 N–H and O–H groups in total. The maximum Gasteiger partial charge on any atom is 0.257 e. The number of nitrogens with zero attached hydrogens (tertiary/aromatic N) is 2. The van der Waals surface area contributed by atoms with E-state index in [0.717, 1.165) is 39.3 Å². The molecule has 0 radical (unpaired) electrons. The summed E-state index contributed by atoms with van der Waals surface area (Å²) >= 11 is 0. The summed E-state index contributed by atoms with van der Waals surface area (Å²) in [5.41, 5.74) is 0.635. The normalized spacial score (nSPS) is 17.4. The largest absolute Gasteiger partial charge is 0.472 e. The van der Waals surface area contributed by atoms with Crippen molar-refractivity contribution in [3.05, 3.63) is 24.2 Å². The van der Waals surface area contributed by atoms with Crippen molar-refractivity contribution in [1.82, 2.24) is 9.80 Å². The lowest BCUT2D eigenvalue weighted by Crippen LogP contribution is -2.49. The minimum Gasteiger partial charge on any atom is -0.472 e. The van der Waals surface area contributed by atoms with E-state index in [1.54, 1.807) is 13.2 Å². The summed E-state index contributed by atoms with van der Waals surface area (Å²) in [6.45, 7) is 5.04. The third kappa shape index (κ3) is 3.08. The maximum atomic E-state index is 12.0. The van der Waals surface area contributed by atoms with Gasteiger partial charge in [-0.25, -0.2) is 0 Å². The van der Waals surface area contributed by atoms with Crippen LogP contribution in [0.15, 0.2) is 23.0 Å². The topological polar surface area (TPSA) is 45.9 Å². The standard InChI is InChI=1S/C12H18N2O3/c1-16-9-7-13-3-5-14(6-4-13)12(15)11-2-8-17-10-11/h2,8,10H,3-7,9H2,1H3. The monoisotopic (exact) mass is 238 g/mol. The number of piperazine rings is 1. The van der Waals surface area contributed by atoms with Gasteiger partial charge in [0.05, 0.1) is 18.4 Å². The number of rotatable bonds is 4. The van der Waals surface area contributed by atoms with Gasteiger partial charge >= 0.3 is 0 Å². The molecule has 1 fully saturated rings. The number of hydrogen-bond acceptors (Lipinski definition) is 4. The first-order chi connectivity index (χ1) is 8.31. The van der Waals surface area contributed by atoms with Gasteiger partial charge in [-0.2, -0.15) is 0 Å². The Hall–Kier alpha value is -1.33. The van der Waals surface area contributed by atoms with Gasteiger partial charge in [0, 0.05) is 39.8 Å². The summed E-state index contributed by atoms with van der Waals surface area (Å²) in [4.78, 5) is 16.2. The maximum absolute atomic E-state index is 12.0. The molecule has 1 amide bonds. The average molecular weight is 238 g/mol. The van der Waals surface area contributed by atoms with Crippen molar-refractivity contribution < 1.29 is 13.9 Å². The van der Waals surface area contributed by atoms with Crippen LogP contribution in [0.25, 0.3) is 0 Å². The second-order valence-corrected chi connectivity index (χ2v) is 4.14. The average Bonchev–Trinajstić information content (AvgIpc) is 2.90. The zero-order valence-corrected chi connectivity index (χ0v) is 10.1. The van der Waals surface area contributed by atoms with Crippen molar-refractivity contribution in [2.75, 3.05) is 46.4 Å². The van der Waals surface area contributed by atoms with Gasteiger partial charge in [-0.15, -0.1) is 0 Å². The molecule has 94 valence electrons. The predicted molar refractivity (Wildman–Crippen MR) is 62.9 cm³/mol. The smallest absolute Gasteiger partial charge is 0.257 e. The number of furan rings is 1. The Balaban J connectivity index is 1.81. The highest BCUT2D eigenvalue weighted by Gasteiger charge is 2.22. The van der Waals surface area contributed by atoms with Gasteiger partial charge in [0.15, 0.2) is 0 Å². The fraction of sp³-hybridized carbons (Fsp3) is 0.583. The third-order valence-electron chi connectivity index (χ3n) is 3.04. The summed E-state index contributed by atoms with van der Waals surface area (Å²) in [7, 11) is 1.71. The number of carbonyl (C=O) groups excluding carboxylic acids is 1. The van der Waals surface area contributed by atoms with Crippen LogP contribution in [0.1, 0.15) is 10.4 Å². The highest BCUT2D eigenvalue weighted by Crippen LogP contribution is 2.09. The Labute approximate surface area is 101 Å². The Kier molecular flexibility index (Phi) is 4.17. The zero-order valence-electron chi connectivity index (χ0n) is 10.1. The first-order valence-corrected chi connectivity index (χ1v) is 5.84. The minimum absolute atomic E-state index is 0.0603. The molecular formula is C12H18N2O3. The Morgan fingerprint density at radius 2 is 2.18 bits per heavy atom. The fourth-order valence-electron chi connectivity index (χ4n) is 1.96. The molecule has 0 bridgehead atoms. The minimum atomic E-state index is 0.0603. The molecule has 0 unspecified atom stereocenters. The van der Waals surface area contributed by atoms with Gasteiger partial charge in [-0.05, 0) is 6.07 Å². The van der Waals surface area contributed by atoms with Crippen LogP contribution in [-0.2, 0) is 4.74 Å². The molecule has 1 aromatic rings. The highest BCUT2D eigenvalue weighted by molar-refractivity contribution is 5.93. The van der Waals surface area contributed by atoms with E-state index >= 15 is 0 Å². The molecule has 0 atom stereocenters. The molecule has 2 rings (SSSR count). The van der Waals surface area contributed by atoms with Crippen molar-refractivity contribution >= 4 is 5.91 Å². The molecule has 17 heavy (non-hydrogen) atoms. The van der Waals surface area contributed by atoms with Crippen LogP contribution in [0.3, 0.4) is 0 Å². The molecule has 0 spiro atoms. The molecule has 1 saturated heterocycles. The van der Waals surface area contributed by atoms with Gasteiger partial charge < -0.3 is 14.1 Å². The van der Waals surface area contributed by atoms with E-state index in [4.69, 9.17) is 9.15 Å². The SMILES string of the molecule is COCCN1CCN(C(=O)c2ccoc2)CC1. The van der Waals surface area contributed by atoms with Crippen molar-refractivity contribution in [2.45, 2.75) is 0 Å². The van der Waals surface area contributed by atoms with Gasteiger partial charge in [-0.1, -0.05) is 0 Å². The lowest BCUT2D eigenvalue weighted by Gasteiger charge is -2.34. The zero-order chi connectivity index (χ0) is 12.1. The molecular weight excluding hydrogens is 220 g/mol. The van der Waals surface area contributed by atoms with Gasteiger partial charge in [0.25, 0.3) is 5.91 Å². The lowest BCUT2D eigenvalue weighted by molar-refractivity contribution is 0.0593. The van der Waals surface area contributed by atoms with E-state index in [2.05, 4.69) is 4.90 Å². The summed E-state index contributed by atoms with van der Waals surface area (Å²) in [5, 5.41) is 0. The Morgan fingerprint density at radius 3 is 2.76 bits per heavy atom. The van der Waals surface area contributed by atoms with E-state index in [-0.39, 0.29) is 5.91 Å². The number of carbonyl (C=O) groups is 1. The van der Waals surface area contributed by atoms with E-state index in [1.807, 2.05) is 4.90 Å². The molecule has 1 aliphatic rings. The van der Waals surface area contributed by atoms with Crippen molar-refractivity contribution in [3.63, 3.8) is 0 Å². The Morgan fingerprint density at radius 1 is 1.41 bits per heavy atom. The highest BCUT2D eigenvalue weighted by atomic mass is 16.5. The van der Waals surface area contributed by atoms with Crippen LogP contribution in [-0.4, -0.2) is 62.1 Å². The second-order valence-electron chi connectivity index (χ2n) is 4.14. The number of hydrogen-bond donors (Lipinski definition) is 0. The van der Waals surface area contributed by atoms with Crippen LogP contribution >= 0.6 is 0 Å². The van der Waals surface area contributed by atoms with Crippen LogP contribution in [0.4, 0.5) is 0 Å². The van der Waals surface area contributed by atoms with Gasteiger partial charge in [0.2, 0.25) is 0 Å².